The largest absolute Gasteiger partial charge is 0.486 e. The molecule has 0 unspecified atom stereocenters. The van der Waals surface area contributed by atoms with E-state index in [1.54, 1.807) is 6.33 Å². The third-order valence-electron chi connectivity index (χ3n) is 3.06. The molecule has 1 N–H and O–H groups in total. The van der Waals surface area contributed by atoms with Gasteiger partial charge in [0.05, 0.1) is 0 Å². The molecule has 0 aliphatic rings. The van der Waals surface area contributed by atoms with E-state index >= 15 is 0 Å². The lowest BCUT2D eigenvalue weighted by Gasteiger charge is -2.11. The summed E-state index contributed by atoms with van der Waals surface area (Å²) >= 11 is 3.58. The molecule has 0 fully saturated rings. The molecule has 114 valence electrons. The van der Waals surface area contributed by atoms with Gasteiger partial charge in [-0.3, -0.25) is 0 Å². The molecule has 1 aromatic carbocycles. The number of halogens is 1. The highest BCUT2D eigenvalue weighted by Crippen LogP contribution is 2.23. The molecule has 2 rings (SSSR count). The predicted octanol–water partition coefficient (Wildman–Crippen LogP) is 2.90. The van der Waals surface area contributed by atoms with Crippen LogP contribution in [-0.4, -0.2) is 21.3 Å². The minimum Gasteiger partial charge on any atom is -0.486 e. The second kappa shape index (κ2) is 7.56. The Morgan fingerprint density at radius 3 is 2.86 bits per heavy atom. The Balaban J connectivity index is 1.96. The quantitative estimate of drug-likeness (QED) is 0.832. The van der Waals surface area contributed by atoms with E-state index in [-0.39, 0.29) is 0 Å². The Morgan fingerprint density at radius 2 is 2.19 bits per heavy atom. The minimum atomic E-state index is 0.414. The Labute approximate surface area is 133 Å². The van der Waals surface area contributed by atoms with Crippen LogP contribution in [0.1, 0.15) is 25.2 Å². The topological polar surface area (TPSA) is 52.0 Å². The Kier molecular flexibility index (Phi) is 5.76. The van der Waals surface area contributed by atoms with Gasteiger partial charge in [-0.2, -0.15) is 0 Å². The molecule has 1 heterocycles. The van der Waals surface area contributed by atoms with Crippen molar-refractivity contribution in [1.29, 1.82) is 0 Å². The number of hydrogen-bond acceptors (Lipinski definition) is 4. The molecule has 0 aliphatic heterocycles. The van der Waals surface area contributed by atoms with Gasteiger partial charge in [0.25, 0.3) is 0 Å². The van der Waals surface area contributed by atoms with Gasteiger partial charge >= 0.3 is 0 Å². The molecule has 5 nitrogen and oxygen atoms in total. The van der Waals surface area contributed by atoms with Crippen LogP contribution in [0.2, 0.25) is 0 Å². The van der Waals surface area contributed by atoms with Gasteiger partial charge in [-0.05, 0) is 36.2 Å². The summed E-state index contributed by atoms with van der Waals surface area (Å²) in [7, 11) is 1.90. The maximum atomic E-state index is 5.78. The molecular formula is C15H21BrN4O. The molecular weight excluding hydrogens is 332 g/mol. The van der Waals surface area contributed by atoms with Crippen LogP contribution in [0.5, 0.6) is 5.75 Å². The second-order valence-electron chi connectivity index (χ2n) is 5.42. The van der Waals surface area contributed by atoms with E-state index in [1.807, 2.05) is 29.8 Å². The van der Waals surface area contributed by atoms with Gasteiger partial charge in [0, 0.05) is 18.1 Å². The first kappa shape index (κ1) is 16.0. The van der Waals surface area contributed by atoms with Gasteiger partial charge in [0.2, 0.25) is 0 Å². The fraction of sp³-hybridized carbons (Fsp3) is 0.467. The van der Waals surface area contributed by atoms with E-state index in [1.165, 1.54) is 5.56 Å². The van der Waals surface area contributed by atoms with Gasteiger partial charge in [0.1, 0.15) is 18.7 Å². The summed E-state index contributed by atoms with van der Waals surface area (Å²) in [6.45, 7) is 6.62. The van der Waals surface area contributed by atoms with Crippen molar-refractivity contribution in [2.45, 2.75) is 27.0 Å². The summed E-state index contributed by atoms with van der Waals surface area (Å²) in [4.78, 5) is 0. The van der Waals surface area contributed by atoms with Crippen molar-refractivity contribution in [3.63, 3.8) is 0 Å². The molecule has 1 aromatic heterocycles. The molecule has 6 heteroatoms. The number of hydrogen-bond donors (Lipinski definition) is 1. The van der Waals surface area contributed by atoms with Gasteiger partial charge in [-0.25, -0.2) is 0 Å². The number of nitrogens with one attached hydrogen (secondary N) is 1. The maximum Gasteiger partial charge on any atom is 0.170 e. The molecule has 0 amide bonds. The number of rotatable bonds is 7. The zero-order valence-electron chi connectivity index (χ0n) is 12.6. The number of aryl methyl sites for hydroxylation is 1. The average molecular weight is 353 g/mol. The van der Waals surface area contributed by atoms with E-state index in [9.17, 15) is 0 Å². The number of aromatic nitrogens is 3. The number of ether oxygens (including phenoxy) is 1. The first-order valence-corrected chi connectivity index (χ1v) is 7.80. The van der Waals surface area contributed by atoms with Crippen molar-refractivity contribution in [1.82, 2.24) is 20.1 Å². The summed E-state index contributed by atoms with van der Waals surface area (Å²) in [5.41, 5.74) is 1.19. The highest BCUT2D eigenvalue weighted by molar-refractivity contribution is 9.10. The normalized spacial score (nSPS) is 11.1. The molecule has 0 atom stereocenters. The van der Waals surface area contributed by atoms with E-state index in [4.69, 9.17) is 4.74 Å². The van der Waals surface area contributed by atoms with Crippen molar-refractivity contribution >= 4 is 15.9 Å². The summed E-state index contributed by atoms with van der Waals surface area (Å²) in [6.07, 6.45) is 1.67. The SMILES string of the molecule is CC(C)CNCc1cc(OCc2nncn2C)ccc1Br. The van der Waals surface area contributed by atoms with Gasteiger partial charge < -0.3 is 14.6 Å². The smallest absolute Gasteiger partial charge is 0.170 e. The monoisotopic (exact) mass is 352 g/mol. The molecule has 21 heavy (non-hydrogen) atoms. The van der Waals surface area contributed by atoms with E-state index in [0.29, 0.717) is 12.5 Å². The predicted molar refractivity (Wildman–Crippen MR) is 86.0 cm³/mol. The fourth-order valence-electron chi connectivity index (χ4n) is 1.86. The molecule has 0 spiro atoms. The lowest BCUT2D eigenvalue weighted by atomic mass is 10.2. The van der Waals surface area contributed by atoms with Crippen LogP contribution in [0, 0.1) is 5.92 Å². The second-order valence-corrected chi connectivity index (χ2v) is 6.28. The minimum absolute atomic E-state index is 0.414. The molecule has 0 radical (unpaired) electrons. The highest BCUT2D eigenvalue weighted by Gasteiger charge is 2.05. The highest BCUT2D eigenvalue weighted by atomic mass is 79.9. The van der Waals surface area contributed by atoms with Crippen molar-refractivity contribution < 1.29 is 4.74 Å². The number of nitrogens with zero attached hydrogens (tertiary/aromatic N) is 3. The van der Waals surface area contributed by atoms with Gasteiger partial charge in [0.15, 0.2) is 5.82 Å². The van der Waals surface area contributed by atoms with Crippen LogP contribution < -0.4 is 10.1 Å². The van der Waals surface area contributed by atoms with Crippen LogP contribution in [0.15, 0.2) is 29.0 Å². The van der Waals surface area contributed by atoms with E-state index < -0.39 is 0 Å². The Hall–Kier alpha value is -1.40. The van der Waals surface area contributed by atoms with Gasteiger partial charge in [-0.15, -0.1) is 10.2 Å². The maximum absolute atomic E-state index is 5.78. The zero-order valence-corrected chi connectivity index (χ0v) is 14.2. The first-order valence-electron chi connectivity index (χ1n) is 7.01. The average Bonchev–Trinajstić information content (AvgIpc) is 2.84. The molecule has 0 bridgehead atoms. The van der Waals surface area contributed by atoms with Crippen molar-refractivity contribution in [2.75, 3.05) is 6.54 Å². The third-order valence-corrected chi connectivity index (χ3v) is 3.83. The number of benzene rings is 1. The molecule has 0 saturated carbocycles. The Bertz CT molecular complexity index is 583. The van der Waals surface area contributed by atoms with Crippen molar-refractivity contribution in [3.8, 4) is 5.75 Å². The van der Waals surface area contributed by atoms with Crippen molar-refractivity contribution in [3.05, 3.63) is 40.4 Å². The lowest BCUT2D eigenvalue weighted by Crippen LogP contribution is -2.19. The first-order chi connectivity index (χ1) is 10.1. The summed E-state index contributed by atoms with van der Waals surface area (Å²) in [5, 5.41) is 11.3. The molecule has 0 aliphatic carbocycles. The zero-order chi connectivity index (χ0) is 15.2. The lowest BCUT2D eigenvalue weighted by molar-refractivity contribution is 0.291. The molecule has 2 aromatic rings. The van der Waals surface area contributed by atoms with Crippen LogP contribution in [0.4, 0.5) is 0 Å². The van der Waals surface area contributed by atoms with Gasteiger partial charge in [-0.1, -0.05) is 29.8 Å². The van der Waals surface area contributed by atoms with Crippen LogP contribution in [0.25, 0.3) is 0 Å². The Morgan fingerprint density at radius 1 is 1.38 bits per heavy atom. The van der Waals surface area contributed by atoms with Crippen LogP contribution >= 0.6 is 15.9 Å². The van der Waals surface area contributed by atoms with Crippen LogP contribution in [-0.2, 0) is 20.2 Å². The third kappa shape index (κ3) is 4.82. The van der Waals surface area contributed by atoms with E-state index in [0.717, 1.165) is 29.1 Å². The summed E-state index contributed by atoms with van der Waals surface area (Å²) in [6, 6.07) is 6.01. The summed E-state index contributed by atoms with van der Waals surface area (Å²) < 4.78 is 8.72. The standard InChI is InChI=1S/C15H21BrN4O/c1-11(2)7-17-8-12-6-13(4-5-14(12)16)21-9-15-19-18-10-20(15)3/h4-6,10-11,17H,7-9H2,1-3H3. The van der Waals surface area contributed by atoms with Crippen molar-refractivity contribution in [2.24, 2.45) is 13.0 Å². The fourth-order valence-corrected chi connectivity index (χ4v) is 2.24. The summed E-state index contributed by atoms with van der Waals surface area (Å²) in [5.74, 6) is 2.28. The molecule has 0 saturated heterocycles. The van der Waals surface area contributed by atoms with Crippen LogP contribution in [0.3, 0.4) is 0 Å². The van der Waals surface area contributed by atoms with E-state index in [2.05, 4.69) is 45.3 Å².